The van der Waals surface area contributed by atoms with E-state index in [2.05, 4.69) is 5.10 Å². The largest absolute Gasteiger partial charge is 0.480 e. The lowest BCUT2D eigenvalue weighted by molar-refractivity contribution is -0.157. The van der Waals surface area contributed by atoms with Gasteiger partial charge in [0.1, 0.15) is 17.5 Å². The van der Waals surface area contributed by atoms with Crippen LogP contribution >= 0.6 is 0 Å². The fourth-order valence-electron chi connectivity index (χ4n) is 2.37. The van der Waals surface area contributed by atoms with Crippen LogP contribution in [0.1, 0.15) is 28.2 Å². The van der Waals surface area contributed by atoms with Crippen LogP contribution < -0.4 is 5.32 Å². The predicted molar refractivity (Wildman–Crippen MR) is 82.6 cm³/mol. The number of aliphatic carboxylic acids is 1. The molecule has 2 rings (SSSR count). The van der Waals surface area contributed by atoms with E-state index in [1.807, 2.05) is 0 Å². The first kappa shape index (κ1) is 19.4. The second kappa shape index (κ2) is 7.14. The first-order valence-electron chi connectivity index (χ1n) is 7.41. The fourth-order valence-corrected chi connectivity index (χ4v) is 2.37. The SMILES string of the molecule is Cc1cc(C)n(-c2ccc(C(=O)NC(CC(F)(F)F)C(=O)O)cc2F)n1. The van der Waals surface area contributed by atoms with Gasteiger partial charge >= 0.3 is 12.1 Å². The normalized spacial score (nSPS) is 12.7. The molecular formula is C16H15F4N3O3. The van der Waals surface area contributed by atoms with E-state index < -0.39 is 36.3 Å². The first-order chi connectivity index (χ1) is 12.0. The van der Waals surface area contributed by atoms with Crippen LogP contribution in [0.3, 0.4) is 0 Å². The lowest BCUT2D eigenvalue weighted by atomic mass is 10.1. The fraction of sp³-hybridized carbons (Fsp3) is 0.312. The molecule has 0 aliphatic carbocycles. The highest BCUT2D eigenvalue weighted by molar-refractivity contribution is 5.96. The van der Waals surface area contributed by atoms with Gasteiger partial charge in [-0.1, -0.05) is 0 Å². The molecule has 1 aromatic carbocycles. The summed E-state index contributed by atoms with van der Waals surface area (Å²) in [4.78, 5) is 22.9. The minimum absolute atomic E-state index is 0.0530. The number of carbonyl (C=O) groups excluding carboxylic acids is 1. The summed E-state index contributed by atoms with van der Waals surface area (Å²) in [6, 6.07) is 2.78. The van der Waals surface area contributed by atoms with Crippen molar-refractivity contribution in [2.24, 2.45) is 0 Å². The Kier molecular flexibility index (Phi) is 5.33. The summed E-state index contributed by atoms with van der Waals surface area (Å²) in [7, 11) is 0. The molecule has 0 fully saturated rings. The standard InChI is InChI=1S/C16H15F4N3O3/c1-8-5-9(2)23(22-8)13-4-3-10(6-11(13)17)14(24)21-12(15(25)26)7-16(18,19)20/h3-6,12H,7H2,1-2H3,(H,21,24)(H,25,26). The van der Waals surface area contributed by atoms with Gasteiger partial charge in [0.2, 0.25) is 0 Å². The maximum absolute atomic E-state index is 14.3. The van der Waals surface area contributed by atoms with Gasteiger partial charge in [-0.05, 0) is 38.1 Å². The molecule has 0 saturated carbocycles. The molecule has 26 heavy (non-hydrogen) atoms. The first-order valence-corrected chi connectivity index (χ1v) is 7.41. The maximum Gasteiger partial charge on any atom is 0.391 e. The topological polar surface area (TPSA) is 84.2 Å². The average molecular weight is 373 g/mol. The summed E-state index contributed by atoms with van der Waals surface area (Å²) in [5.74, 6) is -3.79. The third-order valence-electron chi connectivity index (χ3n) is 3.49. The van der Waals surface area contributed by atoms with Crippen molar-refractivity contribution < 1.29 is 32.3 Å². The number of benzene rings is 1. The number of hydrogen-bond acceptors (Lipinski definition) is 3. The molecule has 0 spiro atoms. The third kappa shape index (κ3) is 4.58. The van der Waals surface area contributed by atoms with Gasteiger partial charge in [0.15, 0.2) is 0 Å². The van der Waals surface area contributed by atoms with E-state index in [1.165, 1.54) is 16.8 Å². The summed E-state index contributed by atoms with van der Waals surface area (Å²) >= 11 is 0. The van der Waals surface area contributed by atoms with Gasteiger partial charge in [0.25, 0.3) is 5.91 Å². The van der Waals surface area contributed by atoms with Crippen molar-refractivity contribution in [1.29, 1.82) is 0 Å². The minimum Gasteiger partial charge on any atom is -0.480 e. The van der Waals surface area contributed by atoms with Crippen LogP contribution in [0.2, 0.25) is 0 Å². The number of alkyl halides is 3. The van der Waals surface area contributed by atoms with E-state index in [0.717, 1.165) is 6.07 Å². The molecule has 0 aliphatic heterocycles. The van der Waals surface area contributed by atoms with E-state index in [4.69, 9.17) is 5.11 Å². The van der Waals surface area contributed by atoms with Crippen molar-refractivity contribution in [3.05, 3.63) is 47.0 Å². The minimum atomic E-state index is -4.78. The number of halogens is 4. The van der Waals surface area contributed by atoms with Crippen molar-refractivity contribution in [3.63, 3.8) is 0 Å². The Morgan fingerprint density at radius 1 is 1.27 bits per heavy atom. The Hall–Kier alpha value is -2.91. The van der Waals surface area contributed by atoms with Crippen LogP contribution in [-0.4, -0.2) is 39.0 Å². The molecule has 0 bridgehead atoms. The Morgan fingerprint density at radius 2 is 1.92 bits per heavy atom. The Balaban J connectivity index is 2.23. The molecule has 1 atom stereocenters. The summed E-state index contributed by atoms with van der Waals surface area (Å²) in [6.07, 6.45) is -6.51. The molecule has 6 nitrogen and oxygen atoms in total. The number of nitrogens with zero attached hydrogens (tertiary/aromatic N) is 2. The van der Waals surface area contributed by atoms with Crippen molar-refractivity contribution in [1.82, 2.24) is 15.1 Å². The quantitative estimate of drug-likeness (QED) is 0.790. The number of aromatic nitrogens is 2. The summed E-state index contributed by atoms with van der Waals surface area (Å²) in [6.45, 7) is 3.42. The van der Waals surface area contributed by atoms with Crippen molar-refractivity contribution >= 4 is 11.9 Å². The van der Waals surface area contributed by atoms with Crippen molar-refractivity contribution in [2.75, 3.05) is 0 Å². The van der Waals surface area contributed by atoms with Crippen LogP contribution in [0.25, 0.3) is 5.69 Å². The third-order valence-corrected chi connectivity index (χ3v) is 3.49. The number of carboxylic acids is 1. The number of hydrogen-bond donors (Lipinski definition) is 2. The molecule has 0 radical (unpaired) electrons. The lowest BCUT2D eigenvalue weighted by Gasteiger charge is -2.16. The summed E-state index contributed by atoms with van der Waals surface area (Å²) in [5.41, 5.74) is 1.05. The molecule has 140 valence electrons. The number of rotatable bonds is 5. The number of amides is 1. The monoisotopic (exact) mass is 373 g/mol. The number of carboxylic acid groups (broad SMARTS) is 1. The average Bonchev–Trinajstić information content (AvgIpc) is 2.83. The molecule has 2 N–H and O–H groups in total. The number of aryl methyl sites for hydroxylation is 2. The van der Waals surface area contributed by atoms with Crippen molar-refractivity contribution in [2.45, 2.75) is 32.5 Å². The van der Waals surface area contributed by atoms with E-state index in [9.17, 15) is 27.2 Å². The van der Waals surface area contributed by atoms with Crippen LogP contribution in [0.4, 0.5) is 17.6 Å². The number of carbonyl (C=O) groups is 2. The second-order valence-electron chi connectivity index (χ2n) is 5.69. The van der Waals surface area contributed by atoms with E-state index in [0.29, 0.717) is 11.4 Å². The zero-order valence-corrected chi connectivity index (χ0v) is 13.8. The van der Waals surface area contributed by atoms with Crippen molar-refractivity contribution in [3.8, 4) is 5.69 Å². The van der Waals surface area contributed by atoms with Gasteiger partial charge in [-0.25, -0.2) is 13.9 Å². The molecule has 1 heterocycles. The summed E-state index contributed by atoms with van der Waals surface area (Å²) < 4.78 is 52.8. The Labute approximate surface area is 145 Å². The van der Waals surface area contributed by atoms with Crippen LogP contribution in [0, 0.1) is 19.7 Å². The summed E-state index contributed by atoms with van der Waals surface area (Å²) in [5, 5.41) is 14.7. The van der Waals surface area contributed by atoms with Crippen LogP contribution in [0.15, 0.2) is 24.3 Å². The zero-order chi connectivity index (χ0) is 19.6. The molecule has 2 aromatic rings. The van der Waals surface area contributed by atoms with Crippen LogP contribution in [0.5, 0.6) is 0 Å². The van der Waals surface area contributed by atoms with Gasteiger partial charge in [-0.3, -0.25) is 4.79 Å². The van der Waals surface area contributed by atoms with Gasteiger partial charge < -0.3 is 10.4 Å². The molecule has 1 unspecified atom stereocenters. The van der Waals surface area contributed by atoms with E-state index in [1.54, 1.807) is 25.2 Å². The Bertz CT molecular complexity index is 846. The van der Waals surface area contributed by atoms with Gasteiger partial charge in [0, 0.05) is 11.3 Å². The highest BCUT2D eigenvalue weighted by atomic mass is 19.4. The van der Waals surface area contributed by atoms with Gasteiger partial charge in [-0.2, -0.15) is 18.3 Å². The Morgan fingerprint density at radius 3 is 2.38 bits per heavy atom. The second-order valence-corrected chi connectivity index (χ2v) is 5.69. The molecule has 0 aliphatic rings. The maximum atomic E-state index is 14.3. The molecule has 1 amide bonds. The zero-order valence-electron chi connectivity index (χ0n) is 13.8. The molecule has 0 saturated heterocycles. The number of nitrogens with one attached hydrogen (secondary N) is 1. The molecular weight excluding hydrogens is 358 g/mol. The smallest absolute Gasteiger partial charge is 0.391 e. The highest BCUT2D eigenvalue weighted by Gasteiger charge is 2.36. The van der Waals surface area contributed by atoms with Crippen LogP contribution in [-0.2, 0) is 4.79 Å². The van der Waals surface area contributed by atoms with Gasteiger partial charge in [0.05, 0.1) is 12.1 Å². The molecule has 1 aromatic heterocycles. The molecule has 10 heteroatoms. The predicted octanol–water partition coefficient (Wildman–Crippen LogP) is 2.76. The van der Waals surface area contributed by atoms with Gasteiger partial charge in [-0.15, -0.1) is 0 Å². The van der Waals surface area contributed by atoms with E-state index in [-0.39, 0.29) is 11.3 Å². The lowest BCUT2D eigenvalue weighted by Crippen LogP contribution is -2.43. The van der Waals surface area contributed by atoms with E-state index >= 15 is 0 Å². The highest BCUT2D eigenvalue weighted by Crippen LogP contribution is 2.22.